The van der Waals surface area contributed by atoms with E-state index >= 15 is 0 Å². The van der Waals surface area contributed by atoms with E-state index in [-0.39, 0.29) is 35.3 Å². The molecule has 8 heteroatoms. The van der Waals surface area contributed by atoms with Crippen molar-refractivity contribution in [3.05, 3.63) is 0 Å². The SMILES string of the molecule is NCC1CCCC12CCN(C(=O)C(N)CCSC(F)(F)F)CC2. The smallest absolute Gasteiger partial charge is 0.341 e. The molecule has 2 fully saturated rings. The first kappa shape index (κ1) is 18.9. The molecule has 0 radical (unpaired) electrons. The van der Waals surface area contributed by atoms with E-state index in [1.165, 1.54) is 19.3 Å². The average molecular weight is 353 g/mol. The minimum Gasteiger partial charge on any atom is -0.341 e. The Morgan fingerprint density at radius 2 is 1.96 bits per heavy atom. The van der Waals surface area contributed by atoms with Gasteiger partial charge in [-0.25, -0.2) is 0 Å². The monoisotopic (exact) mass is 353 g/mol. The molecule has 1 saturated carbocycles. The number of amides is 1. The van der Waals surface area contributed by atoms with Gasteiger partial charge in [0.1, 0.15) is 0 Å². The second-order valence-electron chi connectivity index (χ2n) is 6.70. The number of hydrogen-bond acceptors (Lipinski definition) is 4. The normalized spacial score (nSPS) is 25.8. The Morgan fingerprint density at radius 3 is 2.52 bits per heavy atom. The maximum atomic E-state index is 12.3. The van der Waals surface area contributed by atoms with Gasteiger partial charge < -0.3 is 16.4 Å². The number of nitrogens with two attached hydrogens (primary N) is 2. The molecule has 0 bridgehead atoms. The van der Waals surface area contributed by atoms with E-state index in [9.17, 15) is 18.0 Å². The van der Waals surface area contributed by atoms with Crippen LogP contribution in [0.4, 0.5) is 13.2 Å². The zero-order valence-corrected chi connectivity index (χ0v) is 14.1. The summed E-state index contributed by atoms with van der Waals surface area (Å²) in [6, 6.07) is -0.840. The number of piperidine rings is 1. The Hall–Kier alpha value is -0.470. The van der Waals surface area contributed by atoms with Crippen LogP contribution in [0.3, 0.4) is 0 Å². The summed E-state index contributed by atoms with van der Waals surface area (Å²) in [6.45, 7) is 1.99. The maximum Gasteiger partial charge on any atom is 0.441 e. The molecule has 1 aliphatic heterocycles. The Kier molecular flexibility index (Phi) is 6.24. The molecule has 2 atom stereocenters. The number of carbonyl (C=O) groups excluding carboxylic acids is 1. The van der Waals surface area contributed by atoms with Gasteiger partial charge >= 0.3 is 5.51 Å². The Balaban J connectivity index is 1.79. The fourth-order valence-corrected chi connectivity index (χ4v) is 4.67. The van der Waals surface area contributed by atoms with Crippen molar-refractivity contribution in [3.8, 4) is 0 Å². The molecular weight excluding hydrogens is 327 g/mol. The molecule has 1 spiro atoms. The van der Waals surface area contributed by atoms with E-state index < -0.39 is 11.6 Å². The minimum atomic E-state index is -4.26. The van der Waals surface area contributed by atoms with Gasteiger partial charge in [0.15, 0.2) is 0 Å². The van der Waals surface area contributed by atoms with Crippen molar-refractivity contribution >= 4 is 17.7 Å². The summed E-state index contributed by atoms with van der Waals surface area (Å²) in [4.78, 5) is 14.0. The van der Waals surface area contributed by atoms with Crippen LogP contribution in [0.1, 0.15) is 38.5 Å². The summed E-state index contributed by atoms with van der Waals surface area (Å²) in [5.41, 5.74) is 7.66. The largest absolute Gasteiger partial charge is 0.441 e. The predicted octanol–water partition coefficient (Wildman–Crippen LogP) is 2.32. The highest BCUT2D eigenvalue weighted by molar-refractivity contribution is 8.00. The molecule has 1 aliphatic carbocycles. The van der Waals surface area contributed by atoms with E-state index in [4.69, 9.17) is 11.5 Å². The molecule has 4 N–H and O–H groups in total. The van der Waals surface area contributed by atoms with Gasteiger partial charge in [0.25, 0.3) is 0 Å². The van der Waals surface area contributed by atoms with Crippen molar-refractivity contribution in [2.45, 2.75) is 50.1 Å². The van der Waals surface area contributed by atoms with Crippen LogP contribution in [-0.2, 0) is 4.79 Å². The molecule has 2 aliphatic rings. The molecule has 1 saturated heterocycles. The highest BCUT2D eigenvalue weighted by atomic mass is 32.2. The van der Waals surface area contributed by atoms with Gasteiger partial charge in [0.05, 0.1) is 6.04 Å². The van der Waals surface area contributed by atoms with E-state index in [1.54, 1.807) is 4.90 Å². The van der Waals surface area contributed by atoms with Crippen LogP contribution in [-0.4, -0.2) is 47.7 Å². The summed E-state index contributed by atoms with van der Waals surface area (Å²) >= 11 is -0.120. The molecule has 23 heavy (non-hydrogen) atoms. The van der Waals surface area contributed by atoms with Crippen molar-refractivity contribution in [3.63, 3.8) is 0 Å². The number of halogens is 3. The van der Waals surface area contributed by atoms with Crippen LogP contribution in [0.5, 0.6) is 0 Å². The number of thioether (sulfide) groups is 1. The number of nitrogens with zero attached hydrogens (tertiary/aromatic N) is 1. The van der Waals surface area contributed by atoms with Crippen molar-refractivity contribution in [2.75, 3.05) is 25.4 Å². The molecule has 2 unspecified atom stereocenters. The molecule has 1 amide bonds. The third-order valence-corrected chi connectivity index (χ3v) is 6.23. The van der Waals surface area contributed by atoms with Crippen LogP contribution >= 0.6 is 11.8 Å². The van der Waals surface area contributed by atoms with Gasteiger partial charge in [-0.15, -0.1) is 0 Å². The van der Waals surface area contributed by atoms with Crippen molar-refractivity contribution in [2.24, 2.45) is 22.8 Å². The maximum absolute atomic E-state index is 12.3. The molecule has 4 nitrogen and oxygen atoms in total. The quantitative estimate of drug-likeness (QED) is 0.796. The van der Waals surface area contributed by atoms with Crippen molar-refractivity contribution in [1.82, 2.24) is 4.90 Å². The van der Waals surface area contributed by atoms with Crippen molar-refractivity contribution in [1.29, 1.82) is 0 Å². The van der Waals surface area contributed by atoms with Crippen LogP contribution in [0.15, 0.2) is 0 Å². The lowest BCUT2D eigenvalue weighted by atomic mass is 9.70. The summed E-state index contributed by atoms with van der Waals surface area (Å²) in [7, 11) is 0. The first-order valence-electron chi connectivity index (χ1n) is 8.22. The second kappa shape index (κ2) is 7.61. The number of hydrogen-bond donors (Lipinski definition) is 2. The molecule has 0 aromatic heterocycles. The first-order valence-corrected chi connectivity index (χ1v) is 9.21. The molecule has 2 rings (SSSR count). The first-order chi connectivity index (χ1) is 10.8. The average Bonchev–Trinajstić information content (AvgIpc) is 2.88. The van der Waals surface area contributed by atoms with Gasteiger partial charge in [0.2, 0.25) is 5.91 Å². The fourth-order valence-electron chi connectivity index (χ4n) is 4.07. The van der Waals surface area contributed by atoms with E-state index in [2.05, 4.69) is 0 Å². The highest BCUT2D eigenvalue weighted by Gasteiger charge is 2.44. The molecule has 0 aromatic carbocycles. The lowest BCUT2D eigenvalue weighted by Crippen LogP contribution is -2.50. The number of carbonyl (C=O) groups is 1. The summed E-state index contributed by atoms with van der Waals surface area (Å²) < 4.78 is 36.4. The second-order valence-corrected chi connectivity index (χ2v) is 7.86. The zero-order chi connectivity index (χ0) is 17.1. The van der Waals surface area contributed by atoms with Gasteiger partial charge in [-0.2, -0.15) is 13.2 Å². The topological polar surface area (TPSA) is 72.3 Å². The van der Waals surface area contributed by atoms with Gasteiger partial charge in [-0.05, 0) is 50.0 Å². The minimum absolute atomic E-state index is 0.0517. The van der Waals surface area contributed by atoms with Crippen LogP contribution in [0, 0.1) is 11.3 Å². The fraction of sp³-hybridized carbons (Fsp3) is 0.933. The van der Waals surface area contributed by atoms with Crippen LogP contribution in [0.25, 0.3) is 0 Å². The zero-order valence-electron chi connectivity index (χ0n) is 13.3. The van der Waals surface area contributed by atoms with Gasteiger partial charge in [0, 0.05) is 18.8 Å². The standard InChI is InChI=1S/C15H26F3N3OS/c16-15(17,18)23-9-3-12(20)13(22)21-7-5-14(6-8-21)4-1-2-11(14)10-19/h11-12H,1-10,19-20H2. The Labute approximate surface area is 139 Å². The molecular formula is C15H26F3N3OS. The van der Waals surface area contributed by atoms with E-state index in [0.717, 1.165) is 12.8 Å². The third kappa shape index (κ3) is 4.76. The lowest BCUT2D eigenvalue weighted by Gasteiger charge is -2.43. The number of alkyl halides is 3. The molecule has 0 aromatic rings. The summed E-state index contributed by atoms with van der Waals surface area (Å²) in [6.07, 6.45) is 5.46. The lowest BCUT2D eigenvalue weighted by molar-refractivity contribution is -0.135. The highest BCUT2D eigenvalue weighted by Crippen LogP contribution is 2.50. The van der Waals surface area contributed by atoms with Crippen LogP contribution < -0.4 is 11.5 Å². The third-order valence-electron chi connectivity index (χ3n) is 5.46. The molecule has 1 heterocycles. The van der Waals surface area contributed by atoms with Crippen LogP contribution in [0.2, 0.25) is 0 Å². The predicted molar refractivity (Wildman–Crippen MR) is 85.7 cm³/mol. The Bertz CT molecular complexity index is 411. The Morgan fingerprint density at radius 1 is 1.30 bits per heavy atom. The van der Waals surface area contributed by atoms with Gasteiger partial charge in [-0.3, -0.25) is 4.79 Å². The number of likely N-dealkylation sites (tertiary alicyclic amines) is 1. The van der Waals surface area contributed by atoms with Gasteiger partial charge in [-0.1, -0.05) is 18.2 Å². The van der Waals surface area contributed by atoms with E-state index in [0.29, 0.717) is 25.6 Å². The summed E-state index contributed by atoms with van der Waals surface area (Å²) in [5, 5.41) is 0. The van der Waals surface area contributed by atoms with Crippen molar-refractivity contribution < 1.29 is 18.0 Å². The van der Waals surface area contributed by atoms with E-state index in [1.807, 2.05) is 0 Å². The number of rotatable bonds is 5. The molecule has 134 valence electrons. The summed E-state index contributed by atoms with van der Waals surface area (Å²) in [5.74, 6) is 0.144.